The van der Waals surface area contributed by atoms with E-state index in [0.29, 0.717) is 12.0 Å². The molecule has 2 atom stereocenters. The third-order valence-electron chi connectivity index (χ3n) is 3.45. The summed E-state index contributed by atoms with van der Waals surface area (Å²) in [5, 5.41) is 0. The molecule has 0 radical (unpaired) electrons. The van der Waals surface area contributed by atoms with Crippen molar-refractivity contribution in [2.75, 3.05) is 32.8 Å². The number of likely N-dealkylation sites (tertiary alicyclic amines) is 1. The largest absolute Gasteiger partial charge is 0.377 e. The van der Waals surface area contributed by atoms with Crippen molar-refractivity contribution in [2.24, 2.45) is 11.7 Å². The lowest BCUT2D eigenvalue weighted by Gasteiger charge is -2.34. The van der Waals surface area contributed by atoms with Crippen molar-refractivity contribution >= 4 is 0 Å². The van der Waals surface area contributed by atoms with E-state index in [4.69, 9.17) is 10.5 Å². The second kappa shape index (κ2) is 8.04. The Bertz CT molecular complexity index is 171. The highest BCUT2D eigenvalue weighted by molar-refractivity contribution is 4.75. The number of rotatable bonds is 7. The summed E-state index contributed by atoms with van der Waals surface area (Å²) in [5.74, 6) is 0.657. The molecule has 3 nitrogen and oxygen atoms in total. The van der Waals surface area contributed by atoms with Gasteiger partial charge in [0, 0.05) is 19.7 Å². The van der Waals surface area contributed by atoms with Gasteiger partial charge in [-0.25, -0.2) is 0 Å². The highest BCUT2D eigenvalue weighted by Gasteiger charge is 2.21. The standard InChI is InChI=1S/C13H28N2O/c1-3-8-16-13-6-5-7-15(11-13)10-12(4-2)9-14/h12-13H,3-11,14H2,1-2H3. The topological polar surface area (TPSA) is 38.5 Å². The SMILES string of the molecule is CCCOC1CCCN(CC(CC)CN)C1. The molecule has 2 unspecified atom stereocenters. The van der Waals surface area contributed by atoms with Gasteiger partial charge in [-0.05, 0) is 38.3 Å². The fourth-order valence-corrected chi connectivity index (χ4v) is 2.33. The van der Waals surface area contributed by atoms with Gasteiger partial charge >= 0.3 is 0 Å². The molecular formula is C13H28N2O. The summed E-state index contributed by atoms with van der Waals surface area (Å²) in [7, 11) is 0. The molecule has 2 N–H and O–H groups in total. The third-order valence-corrected chi connectivity index (χ3v) is 3.45. The summed E-state index contributed by atoms with van der Waals surface area (Å²) >= 11 is 0. The predicted octanol–water partition coefficient (Wildman–Crippen LogP) is 1.86. The van der Waals surface area contributed by atoms with Gasteiger partial charge in [0.25, 0.3) is 0 Å². The van der Waals surface area contributed by atoms with Crippen LogP contribution in [-0.4, -0.2) is 43.8 Å². The summed E-state index contributed by atoms with van der Waals surface area (Å²) in [6.07, 6.45) is 5.28. The molecule has 1 heterocycles. The molecule has 0 aromatic rings. The lowest BCUT2D eigenvalue weighted by Crippen LogP contribution is -2.43. The average Bonchev–Trinajstić information content (AvgIpc) is 2.34. The first-order valence-corrected chi connectivity index (χ1v) is 6.84. The second-order valence-corrected chi connectivity index (χ2v) is 4.90. The highest BCUT2D eigenvalue weighted by atomic mass is 16.5. The van der Waals surface area contributed by atoms with Crippen molar-refractivity contribution in [1.82, 2.24) is 4.90 Å². The van der Waals surface area contributed by atoms with Crippen molar-refractivity contribution in [3.8, 4) is 0 Å². The number of nitrogens with two attached hydrogens (primary N) is 1. The molecule has 16 heavy (non-hydrogen) atoms. The number of ether oxygens (including phenoxy) is 1. The first-order valence-electron chi connectivity index (χ1n) is 6.84. The molecule has 3 heteroatoms. The molecular weight excluding hydrogens is 200 g/mol. The van der Waals surface area contributed by atoms with Crippen molar-refractivity contribution in [3.63, 3.8) is 0 Å². The van der Waals surface area contributed by atoms with Crippen LogP contribution in [0.1, 0.15) is 39.5 Å². The van der Waals surface area contributed by atoms with Crippen LogP contribution in [0.4, 0.5) is 0 Å². The van der Waals surface area contributed by atoms with Crippen molar-refractivity contribution in [2.45, 2.75) is 45.6 Å². The number of nitrogens with zero attached hydrogens (tertiary/aromatic N) is 1. The Morgan fingerprint density at radius 1 is 1.44 bits per heavy atom. The minimum Gasteiger partial charge on any atom is -0.377 e. The number of piperidine rings is 1. The zero-order valence-corrected chi connectivity index (χ0v) is 11.0. The fraction of sp³-hybridized carbons (Fsp3) is 1.00. The Morgan fingerprint density at radius 2 is 2.25 bits per heavy atom. The van der Waals surface area contributed by atoms with Crippen molar-refractivity contribution in [3.05, 3.63) is 0 Å². The fourth-order valence-electron chi connectivity index (χ4n) is 2.33. The molecule has 96 valence electrons. The molecule has 1 aliphatic rings. The van der Waals surface area contributed by atoms with Crippen LogP contribution in [0.2, 0.25) is 0 Å². The van der Waals surface area contributed by atoms with Crippen LogP contribution >= 0.6 is 0 Å². The van der Waals surface area contributed by atoms with E-state index in [9.17, 15) is 0 Å². The quantitative estimate of drug-likeness (QED) is 0.723. The molecule has 0 bridgehead atoms. The lowest BCUT2D eigenvalue weighted by molar-refractivity contribution is -0.00369. The van der Waals surface area contributed by atoms with Crippen LogP contribution in [-0.2, 0) is 4.74 Å². The van der Waals surface area contributed by atoms with E-state index in [-0.39, 0.29) is 0 Å². The molecule has 0 aliphatic carbocycles. The molecule has 1 aliphatic heterocycles. The molecule has 0 aromatic heterocycles. The van der Waals surface area contributed by atoms with Gasteiger partial charge in [-0.3, -0.25) is 0 Å². The van der Waals surface area contributed by atoms with Crippen LogP contribution in [0.3, 0.4) is 0 Å². The lowest BCUT2D eigenvalue weighted by atomic mass is 10.0. The highest BCUT2D eigenvalue weighted by Crippen LogP contribution is 2.15. The van der Waals surface area contributed by atoms with E-state index in [2.05, 4.69) is 18.7 Å². The maximum absolute atomic E-state index is 5.84. The van der Waals surface area contributed by atoms with Crippen LogP contribution in [0.25, 0.3) is 0 Å². The summed E-state index contributed by atoms with van der Waals surface area (Å²) in [5.41, 5.74) is 5.76. The molecule has 1 fully saturated rings. The van der Waals surface area contributed by atoms with Crippen LogP contribution < -0.4 is 5.73 Å². The number of hydrogen-bond donors (Lipinski definition) is 1. The monoisotopic (exact) mass is 228 g/mol. The molecule has 1 saturated heterocycles. The summed E-state index contributed by atoms with van der Waals surface area (Å²) in [4.78, 5) is 2.53. The normalized spacial score (nSPS) is 24.6. The summed E-state index contributed by atoms with van der Waals surface area (Å²) in [6.45, 7) is 9.60. The molecule has 0 spiro atoms. The van der Waals surface area contributed by atoms with E-state index in [0.717, 1.165) is 32.7 Å². The van der Waals surface area contributed by atoms with Gasteiger partial charge in [0.1, 0.15) is 0 Å². The van der Waals surface area contributed by atoms with E-state index >= 15 is 0 Å². The van der Waals surface area contributed by atoms with Gasteiger partial charge in [-0.1, -0.05) is 20.3 Å². The van der Waals surface area contributed by atoms with Crippen LogP contribution in [0, 0.1) is 5.92 Å². The van der Waals surface area contributed by atoms with Gasteiger partial charge in [-0.15, -0.1) is 0 Å². The molecule has 0 aromatic carbocycles. The maximum Gasteiger partial charge on any atom is 0.0702 e. The van der Waals surface area contributed by atoms with E-state index in [1.54, 1.807) is 0 Å². The van der Waals surface area contributed by atoms with Gasteiger partial charge in [0.15, 0.2) is 0 Å². The zero-order valence-electron chi connectivity index (χ0n) is 11.0. The Hall–Kier alpha value is -0.120. The van der Waals surface area contributed by atoms with Gasteiger partial charge in [0.05, 0.1) is 6.10 Å². The maximum atomic E-state index is 5.84. The Morgan fingerprint density at radius 3 is 2.88 bits per heavy atom. The summed E-state index contributed by atoms with van der Waals surface area (Å²) < 4.78 is 5.84. The Kier molecular flexibility index (Phi) is 7.01. The van der Waals surface area contributed by atoms with Gasteiger partial charge < -0.3 is 15.4 Å². The Balaban J connectivity index is 2.26. The summed E-state index contributed by atoms with van der Waals surface area (Å²) in [6, 6.07) is 0. The van der Waals surface area contributed by atoms with Gasteiger partial charge in [0.2, 0.25) is 0 Å². The minimum absolute atomic E-state index is 0.462. The van der Waals surface area contributed by atoms with Crippen molar-refractivity contribution < 1.29 is 4.74 Å². The van der Waals surface area contributed by atoms with E-state index in [1.165, 1.54) is 25.8 Å². The first-order chi connectivity index (χ1) is 7.80. The van der Waals surface area contributed by atoms with Crippen molar-refractivity contribution in [1.29, 1.82) is 0 Å². The smallest absolute Gasteiger partial charge is 0.0702 e. The average molecular weight is 228 g/mol. The van der Waals surface area contributed by atoms with E-state index < -0.39 is 0 Å². The van der Waals surface area contributed by atoms with Crippen LogP contribution in [0.15, 0.2) is 0 Å². The number of hydrogen-bond acceptors (Lipinski definition) is 3. The second-order valence-electron chi connectivity index (χ2n) is 4.90. The predicted molar refractivity (Wildman–Crippen MR) is 68.5 cm³/mol. The molecule has 1 rings (SSSR count). The van der Waals surface area contributed by atoms with Crippen LogP contribution in [0.5, 0.6) is 0 Å². The first kappa shape index (κ1) is 13.9. The molecule has 0 amide bonds. The minimum atomic E-state index is 0.462. The van der Waals surface area contributed by atoms with Gasteiger partial charge in [-0.2, -0.15) is 0 Å². The molecule has 0 saturated carbocycles. The Labute approximate surface area is 100 Å². The zero-order chi connectivity index (χ0) is 11.8. The third kappa shape index (κ3) is 4.81. The van der Waals surface area contributed by atoms with E-state index in [1.807, 2.05) is 0 Å².